The fraction of sp³-hybridized carbons (Fsp3) is 0.786. The van der Waals surface area contributed by atoms with Gasteiger partial charge in [-0.25, -0.2) is 13.4 Å². The molecule has 6 nitrogen and oxygen atoms in total. The molecule has 22 heavy (non-hydrogen) atoms. The van der Waals surface area contributed by atoms with Gasteiger partial charge in [-0.1, -0.05) is 30.9 Å². The molecular weight excluding hydrogens is 324 g/mol. The SMILES string of the molecule is CN1CCN(S(=O)(=O)c2ncn(C)c2Cl)CC12CCCCC2. The van der Waals surface area contributed by atoms with Gasteiger partial charge in [-0.05, 0) is 19.9 Å². The van der Waals surface area contributed by atoms with Gasteiger partial charge in [0.1, 0.15) is 5.15 Å². The van der Waals surface area contributed by atoms with Crippen molar-refractivity contribution in [3.8, 4) is 0 Å². The van der Waals surface area contributed by atoms with E-state index < -0.39 is 10.0 Å². The van der Waals surface area contributed by atoms with E-state index in [1.165, 1.54) is 30.2 Å². The van der Waals surface area contributed by atoms with Crippen molar-refractivity contribution in [3.05, 3.63) is 11.5 Å². The maximum Gasteiger partial charge on any atom is 0.263 e. The maximum atomic E-state index is 12.9. The third-order valence-electron chi connectivity index (χ3n) is 5.17. The number of halogens is 1. The fourth-order valence-corrected chi connectivity index (χ4v) is 5.57. The Hall–Kier alpha value is -0.630. The molecular formula is C14H23ClN4O2S. The van der Waals surface area contributed by atoms with Crippen LogP contribution in [0.5, 0.6) is 0 Å². The largest absolute Gasteiger partial charge is 0.324 e. The average Bonchev–Trinajstić information content (AvgIpc) is 2.83. The number of aromatic nitrogens is 2. The number of likely N-dealkylation sites (N-methyl/N-ethyl adjacent to an activating group) is 1. The number of sulfonamides is 1. The van der Waals surface area contributed by atoms with Crippen LogP contribution in [0.1, 0.15) is 32.1 Å². The van der Waals surface area contributed by atoms with Crippen LogP contribution < -0.4 is 0 Å². The summed E-state index contributed by atoms with van der Waals surface area (Å²) in [5, 5.41) is 0.156. The zero-order valence-corrected chi connectivity index (χ0v) is 14.7. The molecule has 1 aromatic heterocycles. The van der Waals surface area contributed by atoms with E-state index in [4.69, 9.17) is 11.6 Å². The highest BCUT2D eigenvalue weighted by Gasteiger charge is 2.44. The van der Waals surface area contributed by atoms with Crippen LogP contribution in [-0.4, -0.2) is 59.4 Å². The smallest absolute Gasteiger partial charge is 0.263 e. The Labute approximate surface area is 137 Å². The monoisotopic (exact) mass is 346 g/mol. The molecule has 0 N–H and O–H groups in total. The van der Waals surface area contributed by atoms with E-state index >= 15 is 0 Å². The van der Waals surface area contributed by atoms with Gasteiger partial charge in [-0.2, -0.15) is 4.31 Å². The Balaban J connectivity index is 1.90. The quantitative estimate of drug-likeness (QED) is 0.818. The summed E-state index contributed by atoms with van der Waals surface area (Å²) >= 11 is 6.10. The van der Waals surface area contributed by atoms with Crippen LogP contribution in [0.2, 0.25) is 5.15 Å². The molecule has 0 atom stereocenters. The number of nitrogens with zero attached hydrogens (tertiary/aromatic N) is 4. The molecule has 2 heterocycles. The van der Waals surface area contributed by atoms with Crippen molar-refractivity contribution in [1.29, 1.82) is 0 Å². The minimum absolute atomic E-state index is 0.0211. The molecule has 1 spiro atoms. The summed E-state index contributed by atoms with van der Waals surface area (Å²) in [5.41, 5.74) is -0.0230. The molecule has 1 aliphatic carbocycles. The van der Waals surface area contributed by atoms with Crippen molar-refractivity contribution < 1.29 is 8.42 Å². The minimum Gasteiger partial charge on any atom is -0.324 e. The number of piperazine rings is 1. The lowest BCUT2D eigenvalue weighted by Crippen LogP contribution is -2.62. The fourth-order valence-electron chi connectivity index (χ4n) is 3.67. The molecule has 0 aromatic carbocycles. The molecule has 0 amide bonds. The standard InChI is InChI=1S/C14H23ClN4O2S/c1-17-11-16-13(12(17)15)22(20,21)19-9-8-18(2)14(10-19)6-4-3-5-7-14/h11H,3-10H2,1-2H3. The highest BCUT2D eigenvalue weighted by molar-refractivity contribution is 7.89. The second-order valence-corrected chi connectivity index (χ2v) is 8.71. The first kappa shape index (κ1) is 16.2. The summed E-state index contributed by atoms with van der Waals surface area (Å²) in [6.07, 6.45) is 7.15. The Morgan fingerprint density at radius 1 is 1.18 bits per heavy atom. The summed E-state index contributed by atoms with van der Waals surface area (Å²) in [6.45, 7) is 1.79. The Kier molecular flexibility index (Phi) is 4.26. The van der Waals surface area contributed by atoms with Gasteiger partial charge in [-0.3, -0.25) is 4.90 Å². The highest BCUT2D eigenvalue weighted by Crippen LogP contribution is 2.37. The lowest BCUT2D eigenvalue weighted by atomic mass is 9.79. The van der Waals surface area contributed by atoms with Gasteiger partial charge in [0.15, 0.2) is 0 Å². The summed E-state index contributed by atoms with van der Waals surface area (Å²) < 4.78 is 28.9. The van der Waals surface area contributed by atoms with Crippen molar-refractivity contribution in [2.75, 3.05) is 26.7 Å². The summed E-state index contributed by atoms with van der Waals surface area (Å²) in [5.74, 6) is 0. The van der Waals surface area contributed by atoms with Gasteiger partial charge in [0, 0.05) is 32.2 Å². The number of imidazole rings is 1. The van der Waals surface area contributed by atoms with Crippen molar-refractivity contribution in [2.24, 2.45) is 7.05 Å². The Bertz CT molecular complexity index is 652. The van der Waals surface area contributed by atoms with Crippen LogP contribution in [0.4, 0.5) is 0 Å². The maximum absolute atomic E-state index is 12.9. The van der Waals surface area contributed by atoms with Crippen molar-refractivity contribution >= 4 is 21.6 Å². The lowest BCUT2D eigenvalue weighted by molar-refractivity contribution is 0.0198. The van der Waals surface area contributed by atoms with E-state index in [0.29, 0.717) is 13.1 Å². The summed E-state index contributed by atoms with van der Waals surface area (Å²) in [6, 6.07) is 0. The molecule has 0 radical (unpaired) electrons. The average molecular weight is 347 g/mol. The van der Waals surface area contributed by atoms with Gasteiger partial charge >= 0.3 is 0 Å². The molecule has 8 heteroatoms. The van der Waals surface area contributed by atoms with Gasteiger partial charge in [0.25, 0.3) is 10.0 Å². The Morgan fingerprint density at radius 2 is 1.86 bits per heavy atom. The van der Waals surface area contributed by atoms with Gasteiger partial charge in [0.05, 0.1) is 6.33 Å². The lowest BCUT2D eigenvalue weighted by Gasteiger charge is -2.50. The normalized spacial score (nSPS) is 24.0. The van der Waals surface area contributed by atoms with Crippen LogP contribution in [0, 0.1) is 0 Å². The van der Waals surface area contributed by atoms with E-state index in [1.54, 1.807) is 11.4 Å². The van der Waals surface area contributed by atoms with Crippen LogP contribution in [0.25, 0.3) is 0 Å². The highest BCUT2D eigenvalue weighted by atomic mass is 35.5. The second kappa shape index (κ2) is 5.78. The van der Waals surface area contributed by atoms with Crippen LogP contribution >= 0.6 is 11.6 Å². The van der Waals surface area contributed by atoms with E-state index in [2.05, 4.69) is 16.9 Å². The first-order chi connectivity index (χ1) is 10.4. The molecule has 3 rings (SSSR count). The van der Waals surface area contributed by atoms with Crippen LogP contribution in [0.15, 0.2) is 11.4 Å². The Morgan fingerprint density at radius 3 is 2.45 bits per heavy atom. The molecule has 1 aliphatic heterocycles. The molecule has 2 fully saturated rings. The molecule has 2 aliphatic rings. The van der Waals surface area contributed by atoms with E-state index in [0.717, 1.165) is 19.4 Å². The van der Waals surface area contributed by atoms with Gasteiger partial charge in [-0.15, -0.1) is 0 Å². The number of rotatable bonds is 2. The molecule has 1 saturated heterocycles. The van der Waals surface area contributed by atoms with E-state index in [-0.39, 0.29) is 15.7 Å². The second-order valence-electron chi connectivity index (χ2n) is 6.50. The molecule has 0 unspecified atom stereocenters. The number of aryl methyl sites for hydroxylation is 1. The minimum atomic E-state index is -3.63. The van der Waals surface area contributed by atoms with Crippen molar-refractivity contribution in [2.45, 2.75) is 42.7 Å². The zero-order chi connectivity index (χ0) is 16.0. The number of hydrogen-bond acceptors (Lipinski definition) is 4. The van der Waals surface area contributed by atoms with E-state index in [1.807, 2.05) is 0 Å². The summed E-state index contributed by atoms with van der Waals surface area (Å²) in [7, 11) is 0.182. The van der Waals surface area contributed by atoms with Gasteiger partial charge in [0.2, 0.25) is 5.03 Å². The first-order valence-corrected chi connectivity index (χ1v) is 9.57. The predicted molar refractivity (Wildman–Crippen MR) is 85.4 cm³/mol. The molecule has 1 aromatic rings. The number of hydrogen-bond donors (Lipinski definition) is 0. The van der Waals surface area contributed by atoms with Crippen molar-refractivity contribution in [1.82, 2.24) is 18.8 Å². The van der Waals surface area contributed by atoms with E-state index in [9.17, 15) is 8.42 Å². The summed E-state index contributed by atoms with van der Waals surface area (Å²) in [4.78, 5) is 6.35. The van der Waals surface area contributed by atoms with Crippen LogP contribution in [0.3, 0.4) is 0 Å². The molecule has 124 valence electrons. The topological polar surface area (TPSA) is 58.4 Å². The predicted octanol–water partition coefficient (Wildman–Crippen LogP) is 1.71. The third-order valence-corrected chi connectivity index (χ3v) is 7.50. The third kappa shape index (κ3) is 2.58. The molecule has 0 bridgehead atoms. The molecule has 1 saturated carbocycles. The van der Waals surface area contributed by atoms with Crippen LogP contribution in [-0.2, 0) is 17.1 Å². The van der Waals surface area contributed by atoms with Gasteiger partial charge < -0.3 is 4.57 Å². The van der Waals surface area contributed by atoms with Crippen molar-refractivity contribution in [3.63, 3.8) is 0 Å². The zero-order valence-electron chi connectivity index (χ0n) is 13.1. The first-order valence-electron chi connectivity index (χ1n) is 7.75.